The van der Waals surface area contributed by atoms with Gasteiger partial charge in [-0.15, -0.1) is 0 Å². The number of rotatable bonds is 3. The summed E-state index contributed by atoms with van der Waals surface area (Å²) in [7, 11) is 0. The number of nitrogens with one attached hydrogen (secondary N) is 1. The second-order valence-corrected chi connectivity index (χ2v) is 8.00. The van der Waals surface area contributed by atoms with Crippen LogP contribution in [-0.2, 0) is 5.41 Å². The van der Waals surface area contributed by atoms with Gasteiger partial charge in [0.05, 0.1) is 0 Å². The van der Waals surface area contributed by atoms with E-state index >= 15 is 0 Å². The lowest BCUT2D eigenvalue weighted by atomic mass is 9.82. The van der Waals surface area contributed by atoms with E-state index in [0.717, 1.165) is 11.4 Å². The van der Waals surface area contributed by atoms with E-state index in [1.807, 2.05) is 19.9 Å². The van der Waals surface area contributed by atoms with Gasteiger partial charge in [0.15, 0.2) is 0 Å². The van der Waals surface area contributed by atoms with Gasteiger partial charge in [0.1, 0.15) is 0 Å². The fourth-order valence-electron chi connectivity index (χ4n) is 4.33. The first kappa shape index (κ1) is 20.0. The molecule has 0 spiro atoms. The molecule has 0 aliphatic heterocycles. The lowest BCUT2D eigenvalue weighted by Gasteiger charge is -2.22. The van der Waals surface area contributed by atoms with Crippen LogP contribution in [-0.4, -0.2) is 0 Å². The molecular formula is C29H29N. The molecule has 0 atom stereocenters. The van der Waals surface area contributed by atoms with E-state index in [-0.39, 0.29) is 5.41 Å². The highest BCUT2D eigenvalue weighted by molar-refractivity contribution is 5.83. The summed E-state index contributed by atoms with van der Waals surface area (Å²) in [5.41, 5.74) is 10.3. The average Bonchev–Trinajstić information content (AvgIpc) is 3.03. The van der Waals surface area contributed by atoms with Gasteiger partial charge in [0.25, 0.3) is 0 Å². The van der Waals surface area contributed by atoms with Crippen LogP contribution in [0.15, 0.2) is 97.1 Å². The molecule has 150 valence electrons. The zero-order valence-electron chi connectivity index (χ0n) is 18.2. The van der Waals surface area contributed by atoms with Crippen molar-refractivity contribution >= 4 is 11.4 Å². The Kier molecular flexibility index (Phi) is 5.46. The Labute approximate surface area is 180 Å². The van der Waals surface area contributed by atoms with E-state index in [2.05, 4.69) is 110 Å². The molecule has 1 nitrogen and oxygen atoms in total. The van der Waals surface area contributed by atoms with Gasteiger partial charge in [-0.05, 0) is 57.6 Å². The average molecular weight is 392 g/mol. The summed E-state index contributed by atoms with van der Waals surface area (Å²) >= 11 is 0. The minimum absolute atomic E-state index is 0.0286. The SMILES string of the molecule is CC.CC1(C)c2ccccc2-c2ccc(Nc3ccc(-c4ccccc4)cc3)cc21. The van der Waals surface area contributed by atoms with E-state index in [9.17, 15) is 0 Å². The van der Waals surface area contributed by atoms with Crippen molar-refractivity contribution in [1.29, 1.82) is 0 Å². The minimum atomic E-state index is 0.0286. The molecule has 30 heavy (non-hydrogen) atoms. The van der Waals surface area contributed by atoms with E-state index in [4.69, 9.17) is 0 Å². The molecule has 5 rings (SSSR count). The molecule has 0 heterocycles. The normalized spacial score (nSPS) is 12.9. The monoisotopic (exact) mass is 391 g/mol. The molecule has 4 aromatic rings. The zero-order valence-corrected chi connectivity index (χ0v) is 18.2. The Hall–Kier alpha value is -3.32. The van der Waals surface area contributed by atoms with Gasteiger partial charge in [0.2, 0.25) is 0 Å². The van der Waals surface area contributed by atoms with Crippen LogP contribution in [0.2, 0.25) is 0 Å². The quantitative estimate of drug-likeness (QED) is 0.369. The molecule has 0 radical (unpaired) electrons. The molecule has 1 aliphatic carbocycles. The predicted octanol–water partition coefficient (Wildman–Crippen LogP) is 8.43. The first-order valence-corrected chi connectivity index (χ1v) is 10.8. The highest BCUT2D eigenvalue weighted by atomic mass is 14.9. The summed E-state index contributed by atoms with van der Waals surface area (Å²) in [6, 6.07) is 34.6. The van der Waals surface area contributed by atoms with Gasteiger partial charge in [-0.25, -0.2) is 0 Å². The Morgan fingerprint density at radius 2 is 1.10 bits per heavy atom. The third kappa shape index (κ3) is 3.52. The maximum absolute atomic E-state index is 3.58. The third-order valence-electron chi connectivity index (χ3n) is 5.86. The van der Waals surface area contributed by atoms with Crippen LogP contribution in [0, 0.1) is 0 Å². The van der Waals surface area contributed by atoms with Gasteiger partial charge < -0.3 is 5.32 Å². The second kappa shape index (κ2) is 8.20. The fourth-order valence-corrected chi connectivity index (χ4v) is 4.33. The highest BCUT2D eigenvalue weighted by Crippen LogP contribution is 2.49. The van der Waals surface area contributed by atoms with Crippen molar-refractivity contribution in [3.05, 3.63) is 108 Å². The molecule has 1 aliphatic rings. The molecule has 0 unspecified atom stereocenters. The molecule has 0 bridgehead atoms. The number of hydrogen-bond acceptors (Lipinski definition) is 1. The summed E-state index contributed by atoms with van der Waals surface area (Å²) in [5.74, 6) is 0. The smallest absolute Gasteiger partial charge is 0.0387 e. The molecule has 1 heteroatoms. The fraction of sp³-hybridized carbons (Fsp3) is 0.172. The minimum Gasteiger partial charge on any atom is -0.356 e. The Bertz CT molecular complexity index is 1140. The van der Waals surface area contributed by atoms with Crippen LogP contribution in [0.1, 0.15) is 38.8 Å². The van der Waals surface area contributed by atoms with Crippen LogP contribution in [0.3, 0.4) is 0 Å². The first-order valence-electron chi connectivity index (χ1n) is 10.8. The van der Waals surface area contributed by atoms with E-state index in [1.54, 1.807) is 0 Å². The van der Waals surface area contributed by atoms with Gasteiger partial charge in [0, 0.05) is 16.8 Å². The summed E-state index contributed by atoms with van der Waals surface area (Å²) in [6.07, 6.45) is 0. The Morgan fingerprint density at radius 3 is 1.83 bits per heavy atom. The maximum Gasteiger partial charge on any atom is 0.0387 e. The van der Waals surface area contributed by atoms with E-state index in [1.165, 1.54) is 33.4 Å². The van der Waals surface area contributed by atoms with Crippen molar-refractivity contribution in [2.75, 3.05) is 5.32 Å². The lowest BCUT2D eigenvalue weighted by molar-refractivity contribution is 0.660. The van der Waals surface area contributed by atoms with Crippen molar-refractivity contribution in [3.63, 3.8) is 0 Å². The molecule has 0 saturated heterocycles. The van der Waals surface area contributed by atoms with Crippen molar-refractivity contribution in [2.45, 2.75) is 33.1 Å². The summed E-state index contributed by atoms with van der Waals surface area (Å²) in [4.78, 5) is 0. The van der Waals surface area contributed by atoms with Crippen molar-refractivity contribution in [3.8, 4) is 22.3 Å². The van der Waals surface area contributed by atoms with Crippen LogP contribution in [0.4, 0.5) is 11.4 Å². The van der Waals surface area contributed by atoms with Gasteiger partial charge in [-0.2, -0.15) is 0 Å². The molecular weight excluding hydrogens is 362 g/mol. The number of benzene rings is 4. The topological polar surface area (TPSA) is 12.0 Å². The van der Waals surface area contributed by atoms with Crippen LogP contribution in [0.25, 0.3) is 22.3 Å². The number of fused-ring (bicyclic) bond motifs is 3. The summed E-state index contributed by atoms with van der Waals surface area (Å²) in [6.45, 7) is 8.63. The van der Waals surface area contributed by atoms with Gasteiger partial charge in [-0.1, -0.05) is 100 Å². The van der Waals surface area contributed by atoms with Crippen LogP contribution in [0.5, 0.6) is 0 Å². The largest absolute Gasteiger partial charge is 0.356 e. The summed E-state index contributed by atoms with van der Waals surface area (Å²) in [5, 5.41) is 3.58. The molecule has 0 aromatic heterocycles. The van der Waals surface area contributed by atoms with Crippen LogP contribution < -0.4 is 5.32 Å². The van der Waals surface area contributed by atoms with Crippen molar-refractivity contribution in [1.82, 2.24) is 0 Å². The molecule has 4 aromatic carbocycles. The maximum atomic E-state index is 3.58. The van der Waals surface area contributed by atoms with Gasteiger partial charge in [-0.3, -0.25) is 0 Å². The zero-order chi connectivity index (χ0) is 21.1. The number of anilines is 2. The molecule has 0 saturated carbocycles. The molecule has 0 amide bonds. The lowest BCUT2D eigenvalue weighted by Crippen LogP contribution is -2.15. The third-order valence-corrected chi connectivity index (χ3v) is 5.86. The first-order chi connectivity index (χ1) is 14.6. The van der Waals surface area contributed by atoms with Crippen molar-refractivity contribution < 1.29 is 0 Å². The van der Waals surface area contributed by atoms with Crippen molar-refractivity contribution in [2.24, 2.45) is 0 Å². The standard InChI is InChI=1S/C27H23N.C2H6/c1-27(2)25-11-7-6-10-23(25)24-17-16-22(18-26(24)27)28-21-14-12-20(13-15-21)19-8-4-3-5-9-19;1-2/h3-18,28H,1-2H3;1-2H3. The van der Waals surface area contributed by atoms with E-state index in [0.29, 0.717) is 0 Å². The highest BCUT2D eigenvalue weighted by Gasteiger charge is 2.35. The number of hydrogen-bond donors (Lipinski definition) is 1. The summed E-state index contributed by atoms with van der Waals surface area (Å²) < 4.78 is 0. The van der Waals surface area contributed by atoms with Gasteiger partial charge >= 0.3 is 0 Å². The molecule has 1 N–H and O–H groups in total. The van der Waals surface area contributed by atoms with Crippen LogP contribution >= 0.6 is 0 Å². The second-order valence-electron chi connectivity index (χ2n) is 8.00. The predicted molar refractivity (Wildman–Crippen MR) is 131 cm³/mol. The Morgan fingerprint density at radius 1 is 0.533 bits per heavy atom. The molecule has 0 fully saturated rings. The van der Waals surface area contributed by atoms with E-state index < -0.39 is 0 Å². The Balaban J connectivity index is 0.00000106.